The van der Waals surface area contributed by atoms with Gasteiger partial charge in [-0.2, -0.15) is 0 Å². The lowest BCUT2D eigenvalue weighted by Crippen LogP contribution is -2.15. The normalized spacial score (nSPS) is 11.8. The van der Waals surface area contributed by atoms with Crippen LogP contribution in [-0.2, 0) is 0 Å². The van der Waals surface area contributed by atoms with Crippen LogP contribution in [0.4, 0.5) is 5.69 Å². The fraction of sp³-hybridized carbons (Fsp3) is 0.136. The quantitative estimate of drug-likeness (QED) is 0.707. The van der Waals surface area contributed by atoms with Gasteiger partial charge in [0.05, 0.1) is 0 Å². The number of nitrogens with zero attached hydrogens (tertiary/aromatic N) is 1. The van der Waals surface area contributed by atoms with Crippen LogP contribution in [0.25, 0.3) is 11.1 Å². The molecule has 0 aromatic heterocycles. The van der Waals surface area contributed by atoms with Gasteiger partial charge in [-0.05, 0) is 28.8 Å². The Kier molecular flexibility index (Phi) is 4.96. The Balaban J connectivity index is 2.09. The molecule has 1 atom stereocenters. The van der Waals surface area contributed by atoms with Gasteiger partial charge in [0.15, 0.2) is 5.78 Å². The zero-order valence-electron chi connectivity index (χ0n) is 14.4. The van der Waals surface area contributed by atoms with E-state index in [1.54, 1.807) is 24.3 Å². The molecule has 0 aliphatic carbocycles. The number of benzene rings is 3. The van der Waals surface area contributed by atoms with Crippen molar-refractivity contribution in [2.75, 3.05) is 19.0 Å². The van der Waals surface area contributed by atoms with E-state index in [1.807, 2.05) is 73.6 Å². The number of aliphatic hydroxyl groups is 1. The van der Waals surface area contributed by atoms with Gasteiger partial charge >= 0.3 is 0 Å². The number of hydrogen-bond acceptors (Lipinski definition) is 3. The van der Waals surface area contributed by atoms with Crippen LogP contribution in [0.3, 0.4) is 0 Å². The van der Waals surface area contributed by atoms with E-state index in [0.717, 1.165) is 16.8 Å². The monoisotopic (exact) mass is 331 g/mol. The second-order valence-corrected chi connectivity index (χ2v) is 6.16. The lowest BCUT2D eigenvalue weighted by Gasteiger charge is -2.20. The molecule has 3 aromatic rings. The topological polar surface area (TPSA) is 40.5 Å². The molecule has 0 radical (unpaired) electrons. The zero-order valence-corrected chi connectivity index (χ0v) is 14.4. The van der Waals surface area contributed by atoms with Crippen molar-refractivity contribution in [3.63, 3.8) is 0 Å². The van der Waals surface area contributed by atoms with Gasteiger partial charge in [0.25, 0.3) is 0 Å². The summed E-state index contributed by atoms with van der Waals surface area (Å²) < 4.78 is 0. The molecular formula is C22H21NO2. The third-order valence-electron chi connectivity index (χ3n) is 4.24. The third-order valence-corrected chi connectivity index (χ3v) is 4.24. The van der Waals surface area contributed by atoms with Gasteiger partial charge in [-0.15, -0.1) is 0 Å². The summed E-state index contributed by atoms with van der Waals surface area (Å²) in [4.78, 5) is 14.7. The first-order valence-corrected chi connectivity index (χ1v) is 8.22. The van der Waals surface area contributed by atoms with Crippen molar-refractivity contribution in [3.8, 4) is 11.1 Å². The summed E-state index contributed by atoms with van der Waals surface area (Å²) in [7, 11) is 3.87. The zero-order chi connectivity index (χ0) is 17.8. The molecule has 0 aliphatic heterocycles. The summed E-state index contributed by atoms with van der Waals surface area (Å²) in [5.41, 5.74) is 3.90. The Morgan fingerprint density at radius 2 is 1.48 bits per heavy atom. The average molecular weight is 331 g/mol. The molecule has 25 heavy (non-hydrogen) atoms. The first-order chi connectivity index (χ1) is 12.1. The minimum absolute atomic E-state index is 0.298. The summed E-state index contributed by atoms with van der Waals surface area (Å²) in [6.07, 6.45) is -1.21. The highest BCUT2D eigenvalue weighted by molar-refractivity contribution is 6.01. The Morgan fingerprint density at radius 1 is 0.880 bits per heavy atom. The van der Waals surface area contributed by atoms with Crippen LogP contribution < -0.4 is 4.90 Å². The number of hydrogen-bond donors (Lipinski definition) is 1. The molecule has 126 valence electrons. The highest BCUT2D eigenvalue weighted by Crippen LogP contribution is 2.33. The van der Waals surface area contributed by atoms with E-state index in [0.29, 0.717) is 11.1 Å². The average Bonchev–Trinajstić information content (AvgIpc) is 2.67. The third kappa shape index (κ3) is 3.62. The maximum atomic E-state index is 12.7. The van der Waals surface area contributed by atoms with Crippen molar-refractivity contribution in [1.82, 2.24) is 0 Å². The smallest absolute Gasteiger partial charge is 0.195 e. The Hall–Kier alpha value is -2.91. The summed E-state index contributed by atoms with van der Waals surface area (Å²) in [5.74, 6) is -0.298. The van der Waals surface area contributed by atoms with Crippen molar-refractivity contribution in [1.29, 1.82) is 0 Å². The Labute approximate surface area is 148 Å². The number of carbonyl (C=O) groups excluding carboxylic acids is 1. The van der Waals surface area contributed by atoms with Gasteiger partial charge in [-0.25, -0.2) is 0 Å². The molecule has 3 rings (SSSR count). The van der Waals surface area contributed by atoms with Gasteiger partial charge < -0.3 is 10.0 Å². The first kappa shape index (κ1) is 16.9. The van der Waals surface area contributed by atoms with E-state index in [-0.39, 0.29) is 5.78 Å². The van der Waals surface area contributed by atoms with E-state index in [4.69, 9.17) is 0 Å². The summed E-state index contributed by atoms with van der Waals surface area (Å²) in [6.45, 7) is 0. The molecule has 0 amide bonds. The number of aliphatic hydroxyl groups excluding tert-OH is 1. The summed E-state index contributed by atoms with van der Waals surface area (Å²) >= 11 is 0. The van der Waals surface area contributed by atoms with Gasteiger partial charge in [0.1, 0.15) is 6.10 Å². The Bertz CT molecular complexity index is 858. The standard InChI is InChI=1S/C22H21NO2/c1-23(2)18-13-14-19(16-9-5-3-6-10-16)20(15-18)22(25)21(24)17-11-7-4-8-12-17/h3-15,22,25H,1-2H3. The lowest BCUT2D eigenvalue weighted by molar-refractivity contribution is 0.0748. The molecular weight excluding hydrogens is 310 g/mol. The molecule has 0 fully saturated rings. The van der Waals surface area contributed by atoms with Crippen LogP contribution in [0.15, 0.2) is 78.9 Å². The summed E-state index contributed by atoms with van der Waals surface area (Å²) in [5, 5.41) is 10.8. The fourth-order valence-corrected chi connectivity index (χ4v) is 2.84. The molecule has 0 saturated heterocycles. The van der Waals surface area contributed by atoms with Crippen LogP contribution in [0, 0.1) is 0 Å². The number of rotatable bonds is 5. The van der Waals surface area contributed by atoms with Crippen molar-refractivity contribution in [3.05, 3.63) is 90.0 Å². The molecule has 3 nitrogen and oxygen atoms in total. The predicted molar refractivity (Wildman–Crippen MR) is 102 cm³/mol. The van der Waals surface area contributed by atoms with Crippen molar-refractivity contribution >= 4 is 11.5 Å². The van der Waals surface area contributed by atoms with Crippen molar-refractivity contribution in [2.45, 2.75) is 6.10 Å². The van der Waals surface area contributed by atoms with E-state index in [9.17, 15) is 9.90 Å². The van der Waals surface area contributed by atoms with E-state index >= 15 is 0 Å². The van der Waals surface area contributed by atoms with Gasteiger partial charge in [0.2, 0.25) is 0 Å². The number of Topliss-reactive ketones (excluding diaryl/α,β-unsaturated/α-hetero) is 1. The SMILES string of the molecule is CN(C)c1ccc(-c2ccccc2)c(C(O)C(=O)c2ccccc2)c1. The molecule has 1 N–H and O–H groups in total. The maximum absolute atomic E-state index is 12.7. The van der Waals surface area contributed by atoms with Crippen molar-refractivity contribution in [2.24, 2.45) is 0 Å². The molecule has 3 aromatic carbocycles. The van der Waals surface area contributed by atoms with E-state index in [1.165, 1.54) is 0 Å². The highest BCUT2D eigenvalue weighted by Gasteiger charge is 2.23. The Morgan fingerprint density at radius 3 is 2.08 bits per heavy atom. The molecule has 0 bridgehead atoms. The minimum atomic E-state index is -1.21. The van der Waals surface area contributed by atoms with Crippen LogP contribution in [0.2, 0.25) is 0 Å². The largest absolute Gasteiger partial charge is 0.380 e. The molecule has 0 aliphatic rings. The maximum Gasteiger partial charge on any atom is 0.195 e. The van der Waals surface area contributed by atoms with Crippen LogP contribution >= 0.6 is 0 Å². The number of anilines is 1. The minimum Gasteiger partial charge on any atom is -0.380 e. The predicted octanol–water partition coefficient (Wildman–Crippen LogP) is 4.34. The van der Waals surface area contributed by atoms with E-state index in [2.05, 4.69) is 0 Å². The van der Waals surface area contributed by atoms with Crippen LogP contribution in [0.1, 0.15) is 22.0 Å². The second kappa shape index (κ2) is 7.32. The first-order valence-electron chi connectivity index (χ1n) is 8.22. The lowest BCUT2D eigenvalue weighted by atomic mass is 9.91. The molecule has 0 spiro atoms. The summed E-state index contributed by atoms with van der Waals surface area (Å²) in [6, 6.07) is 24.5. The molecule has 1 unspecified atom stereocenters. The van der Waals surface area contributed by atoms with Crippen LogP contribution in [-0.4, -0.2) is 25.0 Å². The number of carbonyl (C=O) groups is 1. The second-order valence-electron chi connectivity index (χ2n) is 6.16. The molecule has 0 heterocycles. The van der Waals surface area contributed by atoms with Crippen molar-refractivity contribution < 1.29 is 9.90 Å². The van der Waals surface area contributed by atoms with Gasteiger partial charge in [0, 0.05) is 25.3 Å². The fourth-order valence-electron chi connectivity index (χ4n) is 2.84. The van der Waals surface area contributed by atoms with E-state index < -0.39 is 6.10 Å². The van der Waals surface area contributed by atoms with Gasteiger partial charge in [-0.1, -0.05) is 66.7 Å². The molecule has 3 heteroatoms. The number of ketones is 1. The van der Waals surface area contributed by atoms with Crippen LogP contribution in [0.5, 0.6) is 0 Å². The molecule has 0 saturated carbocycles. The van der Waals surface area contributed by atoms with Gasteiger partial charge in [-0.3, -0.25) is 4.79 Å². The highest BCUT2D eigenvalue weighted by atomic mass is 16.3.